The van der Waals surface area contributed by atoms with Crippen molar-refractivity contribution in [2.45, 2.75) is 24.7 Å². The number of nitrogens with one attached hydrogen (secondary N) is 1. The summed E-state index contributed by atoms with van der Waals surface area (Å²) in [7, 11) is 0. The first-order chi connectivity index (χ1) is 9.86. The molecule has 6 N–H and O–H groups in total. The molecule has 0 unspecified atom stereocenters. The van der Waals surface area contributed by atoms with Gasteiger partial charge in [-0.3, -0.25) is 9.78 Å². The van der Waals surface area contributed by atoms with Crippen molar-refractivity contribution in [2.75, 3.05) is 12.3 Å². The molecule has 112 valence electrons. The summed E-state index contributed by atoms with van der Waals surface area (Å²) in [5.74, 6) is -0.0706. The lowest BCUT2D eigenvalue weighted by atomic mass is 9.95. The zero-order valence-electron chi connectivity index (χ0n) is 11.2. The summed E-state index contributed by atoms with van der Waals surface area (Å²) in [6.45, 7) is 1.06. The number of aromatic amines is 1. The number of nitrogen functional groups attached to an aromatic ring is 1. The monoisotopic (exact) mass is 293 g/mol. The minimum absolute atomic E-state index is 0.0706. The minimum atomic E-state index is -1.56. The summed E-state index contributed by atoms with van der Waals surface area (Å²) in [6, 6.07) is -0.728. The van der Waals surface area contributed by atoms with E-state index in [-0.39, 0.29) is 23.7 Å². The van der Waals surface area contributed by atoms with E-state index in [1.165, 1.54) is 23.9 Å². The molecule has 0 spiro atoms. The van der Waals surface area contributed by atoms with Crippen LogP contribution in [0.5, 0.6) is 0 Å². The molecule has 2 heterocycles. The topological polar surface area (TPSA) is 150 Å². The Hall–Kier alpha value is -2.23. The Morgan fingerprint density at radius 2 is 2.29 bits per heavy atom. The molecule has 2 aromatic heterocycles. The number of nitrogens with two attached hydrogens (primary N) is 1. The summed E-state index contributed by atoms with van der Waals surface area (Å²) in [5, 5.41) is 29.8. The molecule has 2 aromatic rings. The van der Waals surface area contributed by atoms with E-state index < -0.39 is 23.3 Å². The van der Waals surface area contributed by atoms with E-state index in [1.54, 1.807) is 0 Å². The van der Waals surface area contributed by atoms with Crippen molar-refractivity contribution in [1.82, 2.24) is 19.5 Å². The van der Waals surface area contributed by atoms with Crippen LogP contribution in [0.1, 0.15) is 13.0 Å². The van der Waals surface area contributed by atoms with Crippen LogP contribution < -0.4 is 11.3 Å². The van der Waals surface area contributed by atoms with Gasteiger partial charge in [-0.2, -0.15) is 4.98 Å². The Balaban J connectivity index is 2.21. The normalized spacial score (nSPS) is 29.0. The lowest BCUT2D eigenvalue weighted by molar-refractivity contribution is -0.0567. The summed E-state index contributed by atoms with van der Waals surface area (Å²) in [4.78, 5) is 22.1. The maximum Gasteiger partial charge on any atom is 0.280 e. The molecular weight excluding hydrogens is 278 g/mol. The van der Waals surface area contributed by atoms with Crippen molar-refractivity contribution in [2.24, 2.45) is 0 Å². The van der Waals surface area contributed by atoms with E-state index in [0.717, 1.165) is 0 Å². The van der Waals surface area contributed by atoms with Gasteiger partial charge in [-0.15, -0.1) is 0 Å². The van der Waals surface area contributed by atoms with Crippen LogP contribution in [0, 0.1) is 0 Å². The molecule has 1 aliphatic carbocycles. The predicted octanol–water partition coefficient (Wildman–Crippen LogP) is -1.71. The first-order valence-electron chi connectivity index (χ1n) is 6.30. The fourth-order valence-corrected chi connectivity index (χ4v) is 2.65. The predicted molar refractivity (Wildman–Crippen MR) is 73.4 cm³/mol. The first-order valence-corrected chi connectivity index (χ1v) is 6.30. The van der Waals surface area contributed by atoms with E-state index in [1.807, 2.05) is 0 Å². The van der Waals surface area contributed by atoms with E-state index in [4.69, 9.17) is 5.73 Å². The number of aliphatic hydroxyl groups is 3. The average Bonchev–Trinajstić information content (AvgIpc) is 2.91. The van der Waals surface area contributed by atoms with Gasteiger partial charge in [-0.25, -0.2) is 4.98 Å². The second kappa shape index (κ2) is 4.38. The number of imidazole rings is 1. The van der Waals surface area contributed by atoms with Crippen molar-refractivity contribution < 1.29 is 15.3 Å². The van der Waals surface area contributed by atoms with Crippen molar-refractivity contribution >= 4 is 17.1 Å². The van der Waals surface area contributed by atoms with Crippen LogP contribution in [0.3, 0.4) is 0 Å². The van der Waals surface area contributed by atoms with Crippen LogP contribution in [0.25, 0.3) is 11.2 Å². The number of aliphatic hydroxyl groups excluding tert-OH is 2. The zero-order valence-corrected chi connectivity index (χ0v) is 11.2. The van der Waals surface area contributed by atoms with Crippen LogP contribution in [-0.4, -0.2) is 53.2 Å². The largest absolute Gasteiger partial charge is 0.392 e. The molecule has 3 atom stereocenters. The van der Waals surface area contributed by atoms with Gasteiger partial charge in [0.1, 0.15) is 11.7 Å². The van der Waals surface area contributed by atoms with Crippen LogP contribution >= 0.6 is 0 Å². The first kappa shape index (κ1) is 13.7. The number of nitrogens with zero attached hydrogens (tertiary/aromatic N) is 3. The van der Waals surface area contributed by atoms with Gasteiger partial charge in [0.15, 0.2) is 11.2 Å². The number of fused-ring (bicyclic) bond motifs is 1. The molecule has 0 fully saturated rings. The third-order valence-electron chi connectivity index (χ3n) is 3.81. The standard InChI is InChI=1S/C12H15N5O4/c1-12(21)6(2-5(3-18)8(12)19)17-4-14-7-9(17)15-11(13)16-10(7)20/h2,4,6,8,18-19,21H,3H2,1H3,(H3,13,15,16,20)/t6-,8-,12+/m1/s1. The highest BCUT2D eigenvalue weighted by Gasteiger charge is 2.46. The summed E-state index contributed by atoms with van der Waals surface area (Å²) >= 11 is 0. The molecule has 0 saturated carbocycles. The molecule has 0 bridgehead atoms. The Morgan fingerprint density at radius 1 is 1.57 bits per heavy atom. The van der Waals surface area contributed by atoms with Gasteiger partial charge < -0.3 is 25.6 Å². The average molecular weight is 293 g/mol. The second-order valence-electron chi connectivity index (χ2n) is 5.25. The van der Waals surface area contributed by atoms with E-state index in [9.17, 15) is 20.1 Å². The Bertz CT molecular complexity index is 791. The van der Waals surface area contributed by atoms with Gasteiger partial charge in [-0.1, -0.05) is 6.08 Å². The maximum absolute atomic E-state index is 11.8. The Labute approximate surface area is 118 Å². The molecule has 0 saturated heterocycles. The molecule has 0 aliphatic heterocycles. The summed E-state index contributed by atoms with van der Waals surface area (Å²) in [6.07, 6.45) is 1.66. The molecular formula is C12H15N5O4. The molecule has 0 radical (unpaired) electrons. The highest BCUT2D eigenvalue weighted by atomic mass is 16.3. The molecule has 21 heavy (non-hydrogen) atoms. The van der Waals surface area contributed by atoms with Crippen molar-refractivity contribution in [1.29, 1.82) is 0 Å². The number of hydrogen-bond donors (Lipinski definition) is 5. The highest BCUT2D eigenvalue weighted by Crippen LogP contribution is 2.38. The van der Waals surface area contributed by atoms with Crippen LogP contribution in [-0.2, 0) is 0 Å². The van der Waals surface area contributed by atoms with E-state index >= 15 is 0 Å². The Kier molecular flexibility index (Phi) is 2.87. The highest BCUT2D eigenvalue weighted by molar-refractivity contribution is 5.71. The zero-order chi connectivity index (χ0) is 15.4. The van der Waals surface area contributed by atoms with Crippen LogP contribution in [0.15, 0.2) is 22.8 Å². The molecule has 0 amide bonds. The Morgan fingerprint density at radius 3 is 2.90 bits per heavy atom. The number of anilines is 1. The molecule has 1 aliphatic rings. The number of H-pyrrole nitrogens is 1. The molecule has 3 rings (SSSR count). The minimum Gasteiger partial charge on any atom is -0.392 e. The van der Waals surface area contributed by atoms with Crippen molar-refractivity contribution in [3.05, 3.63) is 28.3 Å². The molecule has 9 heteroatoms. The summed E-state index contributed by atoms with van der Waals surface area (Å²) in [5.41, 5.74) is 4.05. The van der Waals surface area contributed by atoms with E-state index in [2.05, 4.69) is 15.0 Å². The molecule has 9 nitrogen and oxygen atoms in total. The van der Waals surface area contributed by atoms with E-state index in [0.29, 0.717) is 5.57 Å². The fraction of sp³-hybridized carbons (Fsp3) is 0.417. The van der Waals surface area contributed by atoms with Crippen LogP contribution in [0.2, 0.25) is 0 Å². The second-order valence-corrected chi connectivity index (χ2v) is 5.25. The lowest BCUT2D eigenvalue weighted by Gasteiger charge is -2.30. The lowest BCUT2D eigenvalue weighted by Crippen LogP contribution is -2.43. The summed E-state index contributed by atoms with van der Waals surface area (Å²) < 4.78 is 1.45. The third-order valence-corrected chi connectivity index (χ3v) is 3.81. The smallest absolute Gasteiger partial charge is 0.280 e. The van der Waals surface area contributed by atoms with Crippen molar-refractivity contribution in [3.8, 4) is 0 Å². The number of aromatic nitrogens is 4. The van der Waals surface area contributed by atoms with Gasteiger partial charge in [0.05, 0.1) is 19.0 Å². The number of hydrogen-bond acceptors (Lipinski definition) is 7. The van der Waals surface area contributed by atoms with Gasteiger partial charge in [0.25, 0.3) is 5.56 Å². The van der Waals surface area contributed by atoms with Gasteiger partial charge in [-0.05, 0) is 12.5 Å². The SMILES string of the molecule is C[C@@]1(O)[C@H](O)C(CO)=C[C@H]1n1cnc2c(=O)[nH]c(N)nc21. The van der Waals surface area contributed by atoms with Gasteiger partial charge >= 0.3 is 0 Å². The van der Waals surface area contributed by atoms with Crippen molar-refractivity contribution in [3.63, 3.8) is 0 Å². The number of rotatable bonds is 2. The fourth-order valence-electron chi connectivity index (χ4n) is 2.65. The third kappa shape index (κ3) is 1.86. The van der Waals surface area contributed by atoms with Gasteiger partial charge in [0.2, 0.25) is 5.95 Å². The maximum atomic E-state index is 11.8. The molecule has 0 aromatic carbocycles. The quantitative estimate of drug-likeness (QED) is 0.413. The van der Waals surface area contributed by atoms with Crippen LogP contribution in [0.4, 0.5) is 5.95 Å². The van der Waals surface area contributed by atoms with Gasteiger partial charge in [0, 0.05) is 0 Å².